The molecule has 0 fully saturated rings. The van der Waals surface area contributed by atoms with Crippen molar-refractivity contribution in [2.75, 3.05) is 19.7 Å². The maximum absolute atomic E-state index is 14.6. The van der Waals surface area contributed by atoms with Crippen LogP contribution < -0.4 is 10.6 Å². The molecule has 2 unspecified atom stereocenters. The molecule has 0 bridgehead atoms. The molecule has 2 rings (SSSR count). The average molecular weight is 638 g/mol. The predicted molar refractivity (Wildman–Crippen MR) is 179 cm³/mol. The summed E-state index contributed by atoms with van der Waals surface area (Å²) in [6.45, 7) is 13.4. The van der Waals surface area contributed by atoms with E-state index in [1.807, 2.05) is 6.07 Å². The van der Waals surface area contributed by atoms with Gasteiger partial charge in [-0.2, -0.15) is 0 Å². The fourth-order valence-electron chi connectivity index (χ4n) is 4.92. The normalized spacial score (nSPS) is 12.4. The number of nitrogens with one attached hydrogen (secondary N) is 2. The van der Waals surface area contributed by atoms with Gasteiger partial charge in [0.05, 0.1) is 13.0 Å². The summed E-state index contributed by atoms with van der Waals surface area (Å²) in [5.41, 5.74) is 1.22. The zero-order valence-corrected chi connectivity index (χ0v) is 28.0. The molecule has 3 N–H and O–H groups in total. The number of phenols is 1. The van der Waals surface area contributed by atoms with Crippen molar-refractivity contribution >= 4 is 30.0 Å². The Morgan fingerprint density at radius 3 is 2.33 bits per heavy atom. The lowest BCUT2D eigenvalue weighted by atomic mass is 9.98. The van der Waals surface area contributed by atoms with Gasteiger partial charge in [0, 0.05) is 19.5 Å². The number of carbonyl (C=O) groups is 4. The summed E-state index contributed by atoms with van der Waals surface area (Å²) in [6, 6.07) is 11.4. The van der Waals surface area contributed by atoms with Crippen molar-refractivity contribution in [2.45, 2.75) is 97.2 Å². The van der Waals surface area contributed by atoms with Crippen LogP contribution in [-0.4, -0.2) is 65.2 Å². The molecule has 0 aliphatic rings. The van der Waals surface area contributed by atoms with Crippen molar-refractivity contribution in [1.82, 2.24) is 15.5 Å². The molecule has 2 atom stereocenters. The van der Waals surface area contributed by atoms with Gasteiger partial charge in [-0.05, 0) is 69.0 Å². The van der Waals surface area contributed by atoms with Gasteiger partial charge in [-0.3, -0.25) is 14.4 Å². The zero-order chi connectivity index (χ0) is 34.1. The van der Waals surface area contributed by atoms with Gasteiger partial charge in [0.1, 0.15) is 23.4 Å². The van der Waals surface area contributed by atoms with Crippen LogP contribution in [0.5, 0.6) is 5.75 Å². The Labute approximate surface area is 273 Å². The Kier molecular flexibility index (Phi) is 15.8. The standard InChI is InChI=1S/C36H51N3O7/c1-7-10-11-12-13-23-39(32(28-16-14-15-26(8-2)24-28)33(42)37-22-21-31(41)45-9-3)34(43)30(38-35(44)46-36(4,5)6)25-27-17-19-29(40)20-18-27/h8,14-20,24,30,32,40H,2,7,9-13,21-23,25H2,1,3-6H3,(H,37,42)(H,38,44). The first kappa shape index (κ1) is 37.8. The van der Waals surface area contributed by atoms with Crippen LogP contribution in [0.3, 0.4) is 0 Å². The average Bonchev–Trinajstić information content (AvgIpc) is 3.00. The number of aromatic hydroxyl groups is 1. The van der Waals surface area contributed by atoms with Gasteiger partial charge in [0.15, 0.2) is 0 Å². The van der Waals surface area contributed by atoms with Crippen molar-refractivity contribution in [3.8, 4) is 5.75 Å². The number of benzene rings is 2. The number of amides is 3. The maximum Gasteiger partial charge on any atom is 0.408 e. The molecule has 252 valence electrons. The number of carbonyl (C=O) groups excluding carboxylic acids is 4. The molecule has 0 heterocycles. The van der Waals surface area contributed by atoms with Crippen molar-refractivity contribution in [3.63, 3.8) is 0 Å². The van der Waals surface area contributed by atoms with Gasteiger partial charge >= 0.3 is 12.1 Å². The molecule has 0 aliphatic heterocycles. The number of hydrogen-bond acceptors (Lipinski definition) is 7. The molecule has 2 aromatic rings. The summed E-state index contributed by atoms with van der Waals surface area (Å²) in [4.78, 5) is 55.1. The molecule has 0 saturated carbocycles. The molecule has 2 aromatic carbocycles. The van der Waals surface area contributed by atoms with E-state index in [0.29, 0.717) is 17.5 Å². The van der Waals surface area contributed by atoms with Crippen LogP contribution in [-0.2, 0) is 30.3 Å². The zero-order valence-electron chi connectivity index (χ0n) is 28.0. The highest BCUT2D eigenvalue weighted by Crippen LogP contribution is 2.26. The Morgan fingerprint density at radius 1 is 1.00 bits per heavy atom. The molecule has 10 nitrogen and oxygen atoms in total. The lowest BCUT2D eigenvalue weighted by molar-refractivity contribution is -0.144. The summed E-state index contributed by atoms with van der Waals surface area (Å²) < 4.78 is 10.5. The third-order valence-electron chi connectivity index (χ3n) is 7.11. The van der Waals surface area contributed by atoms with Crippen LogP contribution >= 0.6 is 0 Å². The van der Waals surface area contributed by atoms with Crippen LogP contribution in [0, 0.1) is 0 Å². The molecule has 3 amide bonds. The fraction of sp³-hybridized carbons (Fsp3) is 0.500. The SMILES string of the molecule is C=Cc1cccc(C(C(=O)NCCC(=O)OCC)N(CCCCCCC)C(=O)C(Cc2ccc(O)cc2)NC(=O)OC(C)(C)C)c1. The first-order chi connectivity index (χ1) is 21.9. The van der Waals surface area contributed by atoms with Crippen molar-refractivity contribution in [1.29, 1.82) is 0 Å². The number of phenolic OH excluding ortho intramolecular Hbond substituents is 1. The highest BCUT2D eigenvalue weighted by molar-refractivity contribution is 5.92. The number of alkyl carbamates (subject to hydrolysis) is 1. The Balaban J connectivity index is 2.56. The molecule has 0 aromatic heterocycles. The van der Waals surface area contributed by atoms with E-state index in [-0.39, 0.29) is 38.3 Å². The second-order valence-corrected chi connectivity index (χ2v) is 12.1. The summed E-state index contributed by atoms with van der Waals surface area (Å²) in [6.07, 6.45) is 5.54. The minimum atomic E-state index is -1.09. The lowest BCUT2D eigenvalue weighted by Gasteiger charge is -2.35. The van der Waals surface area contributed by atoms with Crippen LogP contribution in [0.25, 0.3) is 6.08 Å². The predicted octanol–water partition coefficient (Wildman–Crippen LogP) is 6.08. The van der Waals surface area contributed by atoms with Crippen molar-refractivity contribution in [2.24, 2.45) is 0 Å². The first-order valence-corrected chi connectivity index (χ1v) is 16.1. The van der Waals surface area contributed by atoms with E-state index in [2.05, 4.69) is 24.1 Å². The Hall–Kier alpha value is -4.34. The van der Waals surface area contributed by atoms with E-state index < -0.39 is 41.6 Å². The van der Waals surface area contributed by atoms with E-state index in [1.54, 1.807) is 64.1 Å². The van der Waals surface area contributed by atoms with E-state index in [4.69, 9.17) is 9.47 Å². The number of esters is 1. The molecular formula is C36H51N3O7. The molecule has 0 radical (unpaired) electrons. The summed E-state index contributed by atoms with van der Waals surface area (Å²) in [7, 11) is 0. The summed E-state index contributed by atoms with van der Waals surface area (Å²) in [5, 5.41) is 15.4. The van der Waals surface area contributed by atoms with Crippen molar-refractivity contribution < 1.29 is 33.8 Å². The molecule has 0 spiro atoms. The second kappa shape index (κ2) is 19.2. The van der Waals surface area contributed by atoms with Gasteiger partial charge in [-0.15, -0.1) is 0 Å². The van der Waals surface area contributed by atoms with Gasteiger partial charge in [-0.25, -0.2) is 4.79 Å². The van der Waals surface area contributed by atoms with E-state index in [0.717, 1.165) is 31.2 Å². The molecular weight excluding hydrogens is 586 g/mol. The monoisotopic (exact) mass is 637 g/mol. The Bertz CT molecular complexity index is 1290. The minimum absolute atomic E-state index is 0.0202. The summed E-state index contributed by atoms with van der Waals surface area (Å²) in [5.74, 6) is -1.30. The number of rotatable bonds is 18. The minimum Gasteiger partial charge on any atom is -0.508 e. The highest BCUT2D eigenvalue weighted by atomic mass is 16.6. The summed E-state index contributed by atoms with van der Waals surface area (Å²) >= 11 is 0. The van der Waals surface area contributed by atoms with Gasteiger partial charge in [0.25, 0.3) is 0 Å². The van der Waals surface area contributed by atoms with Gasteiger partial charge in [0.2, 0.25) is 11.8 Å². The number of ether oxygens (including phenoxy) is 2. The molecule has 46 heavy (non-hydrogen) atoms. The largest absolute Gasteiger partial charge is 0.508 e. The Morgan fingerprint density at radius 2 is 1.70 bits per heavy atom. The van der Waals surface area contributed by atoms with Gasteiger partial charge < -0.3 is 30.1 Å². The third kappa shape index (κ3) is 13.3. The van der Waals surface area contributed by atoms with Crippen LogP contribution in [0.15, 0.2) is 55.1 Å². The number of unbranched alkanes of at least 4 members (excludes halogenated alkanes) is 4. The third-order valence-corrected chi connectivity index (χ3v) is 7.11. The molecule has 10 heteroatoms. The smallest absolute Gasteiger partial charge is 0.408 e. The maximum atomic E-state index is 14.6. The number of nitrogens with zero attached hydrogens (tertiary/aromatic N) is 1. The van der Waals surface area contributed by atoms with Gasteiger partial charge in [-0.1, -0.05) is 75.6 Å². The molecule has 0 aliphatic carbocycles. The first-order valence-electron chi connectivity index (χ1n) is 16.1. The quantitative estimate of drug-likeness (QED) is 0.133. The second-order valence-electron chi connectivity index (χ2n) is 12.1. The highest BCUT2D eigenvalue weighted by Gasteiger charge is 2.36. The topological polar surface area (TPSA) is 134 Å². The van der Waals surface area contributed by atoms with E-state index >= 15 is 0 Å². The van der Waals surface area contributed by atoms with E-state index in [1.165, 1.54) is 17.0 Å². The fourth-order valence-corrected chi connectivity index (χ4v) is 4.92. The molecule has 0 saturated heterocycles. The van der Waals surface area contributed by atoms with Crippen LogP contribution in [0.2, 0.25) is 0 Å². The lowest BCUT2D eigenvalue weighted by Crippen LogP contribution is -2.54. The van der Waals surface area contributed by atoms with E-state index in [9.17, 15) is 24.3 Å². The van der Waals surface area contributed by atoms with Crippen LogP contribution in [0.4, 0.5) is 4.79 Å². The number of hydrogen-bond donors (Lipinski definition) is 3. The van der Waals surface area contributed by atoms with Crippen molar-refractivity contribution in [3.05, 3.63) is 71.8 Å². The van der Waals surface area contributed by atoms with Crippen LogP contribution in [0.1, 0.15) is 95.9 Å².